The van der Waals surface area contributed by atoms with Gasteiger partial charge in [-0.05, 0) is 18.3 Å². The third-order valence-electron chi connectivity index (χ3n) is 6.24. The summed E-state index contributed by atoms with van der Waals surface area (Å²) in [7, 11) is 0. The van der Waals surface area contributed by atoms with Gasteiger partial charge in [0.25, 0.3) is 0 Å². The summed E-state index contributed by atoms with van der Waals surface area (Å²) in [5.74, 6) is 1.80. The van der Waals surface area contributed by atoms with E-state index in [1.54, 1.807) is 0 Å². The number of hydrogen-bond donors (Lipinski definition) is 0. The fourth-order valence-corrected chi connectivity index (χ4v) is 4.46. The highest BCUT2D eigenvalue weighted by atomic mass is 14.2. The molecule has 0 aromatic rings. The quantitative estimate of drug-likeness (QED) is 0.164. The molecule has 0 nitrogen and oxygen atoms in total. The van der Waals surface area contributed by atoms with E-state index >= 15 is 0 Å². The summed E-state index contributed by atoms with van der Waals surface area (Å²) in [5.41, 5.74) is 0. The van der Waals surface area contributed by atoms with E-state index in [0.29, 0.717) is 0 Å². The van der Waals surface area contributed by atoms with E-state index in [-0.39, 0.29) is 0 Å². The highest BCUT2D eigenvalue weighted by Gasteiger charge is 2.16. The average Bonchev–Trinajstić information content (AvgIpc) is 2.67. The minimum atomic E-state index is 0.896. The monoisotopic (exact) mass is 379 g/mol. The SMILES string of the molecule is CCCCCCCCC([CH]C(CCCCC)CCCCCCCC)CCC. The van der Waals surface area contributed by atoms with E-state index in [1.165, 1.54) is 128 Å². The van der Waals surface area contributed by atoms with E-state index in [4.69, 9.17) is 0 Å². The zero-order valence-corrected chi connectivity index (χ0v) is 19.9. The normalized spacial score (nSPS) is 13.8. The molecular formula is C27H55. The van der Waals surface area contributed by atoms with E-state index < -0.39 is 0 Å². The van der Waals surface area contributed by atoms with Crippen molar-refractivity contribution in [2.75, 3.05) is 0 Å². The van der Waals surface area contributed by atoms with Gasteiger partial charge in [0.15, 0.2) is 0 Å². The number of rotatable bonds is 22. The molecule has 0 fully saturated rings. The maximum absolute atomic E-state index is 2.83. The van der Waals surface area contributed by atoms with Crippen molar-refractivity contribution in [3.05, 3.63) is 6.42 Å². The second kappa shape index (κ2) is 22.3. The molecule has 0 aromatic heterocycles. The lowest BCUT2D eigenvalue weighted by Crippen LogP contribution is -2.11. The molecule has 27 heavy (non-hydrogen) atoms. The minimum Gasteiger partial charge on any atom is -0.0654 e. The van der Waals surface area contributed by atoms with Gasteiger partial charge in [-0.1, -0.05) is 156 Å². The van der Waals surface area contributed by atoms with Gasteiger partial charge in [0, 0.05) is 0 Å². The predicted molar refractivity (Wildman–Crippen MR) is 126 cm³/mol. The van der Waals surface area contributed by atoms with Crippen molar-refractivity contribution in [2.45, 2.75) is 156 Å². The van der Waals surface area contributed by atoms with Crippen molar-refractivity contribution >= 4 is 0 Å². The van der Waals surface area contributed by atoms with E-state index in [2.05, 4.69) is 34.1 Å². The van der Waals surface area contributed by atoms with Crippen LogP contribution in [0.4, 0.5) is 0 Å². The maximum Gasteiger partial charge on any atom is -0.0324 e. The number of unbranched alkanes of at least 4 members (excludes halogenated alkanes) is 12. The van der Waals surface area contributed by atoms with Crippen molar-refractivity contribution in [2.24, 2.45) is 11.8 Å². The van der Waals surface area contributed by atoms with Crippen LogP contribution >= 0.6 is 0 Å². The van der Waals surface area contributed by atoms with Crippen LogP contribution in [-0.2, 0) is 0 Å². The van der Waals surface area contributed by atoms with Crippen LogP contribution in [0.5, 0.6) is 0 Å². The molecule has 0 heterocycles. The third-order valence-corrected chi connectivity index (χ3v) is 6.24. The summed E-state index contributed by atoms with van der Waals surface area (Å²) in [6.07, 6.45) is 31.5. The molecule has 0 spiro atoms. The van der Waals surface area contributed by atoms with Gasteiger partial charge in [-0.2, -0.15) is 0 Å². The summed E-state index contributed by atoms with van der Waals surface area (Å²) < 4.78 is 0. The smallest absolute Gasteiger partial charge is 0.0324 e. The Kier molecular flexibility index (Phi) is 22.3. The van der Waals surface area contributed by atoms with Gasteiger partial charge in [-0.25, -0.2) is 0 Å². The van der Waals surface area contributed by atoms with Gasteiger partial charge < -0.3 is 0 Å². The van der Waals surface area contributed by atoms with Crippen molar-refractivity contribution in [3.63, 3.8) is 0 Å². The lowest BCUT2D eigenvalue weighted by Gasteiger charge is -2.23. The maximum atomic E-state index is 2.83. The van der Waals surface area contributed by atoms with Gasteiger partial charge in [0.2, 0.25) is 0 Å². The van der Waals surface area contributed by atoms with Crippen molar-refractivity contribution in [3.8, 4) is 0 Å². The predicted octanol–water partition coefficient (Wildman–Crippen LogP) is 10.3. The molecule has 0 rings (SSSR count). The summed E-state index contributed by atoms with van der Waals surface area (Å²) in [6, 6.07) is 0. The first-order chi connectivity index (χ1) is 13.3. The molecule has 0 aliphatic carbocycles. The van der Waals surface area contributed by atoms with Gasteiger partial charge >= 0.3 is 0 Å². The summed E-state index contributed by atoms with van der Waals surface area (Å²) in [4.78, 5) is 0. The Bertz CT molecular complexity index is 257. The van der Waals surface area contributed by atoms with E-state index in [1.807, 2.05) is 0 Å². The molecule has 1 radical (unpaired) electrons. The van der Waals surface area contributed by atoms with Crippen molar-refractivity contribution < 1.29 is 0 Å². The minimum absolute atomic E-state index is 0.896. The Morgan fingerprint density at radius 2 is 0.704 bits per heavy atom. The molecule has 0 saturated heterocycles. The average molecular weight is 380 g/mol. The van der Waals surface area contributed by atoms with Crippen LogP contribution in [0.3, 0.4) is 0 Å². The van der Waals surface area contributed by atoms with E-state index in [9.17, 15) is 0 Å². The third kappa shape index (κ3) is 19.1. The van der Waals surface area contributed by atoms with Crippen molar-refractivity contribution in [1.82, 2.24) is 0 Å². The fraction of sp³-hybridized carbons (Fsp3) is 0.963. The van der Waals surface area contributed by atoms with Crippen LogP contribution in [0, 0.1) is 18.3 Å². The van der Waals surface area contributed by atoms with Crippen LogP contribution in [-0.4, -0.2) is 0 Å². The van der Waals surface area contributed by atoms with Gasteiger partial charge in [-0.3, -0.25) is 0 Å². The Balaban J connectivity index is 4.17. The lowest BCUT2D eigenvalue weighted by atomic mass is 9.82. The largest absolute Gasteiger partial charge is 0.0654 e. The first-order valence-corrected chi connectivity index (χ1v) is 13.1. The Morgan fingerprint density at radius 3 is 1.15 bits per heavy atom. The zero-order valence-electron chi connectivity index (χ0n) is 19.9. The molecule has 0 aromatic carbocycles. The van der Waals surface area contributed by atoms with Gasteiger partial charge in [0.05, 0.1) is 0 Å². The van der Waals surface area contributed by atoms with Crippen LogP contribution in [0.15, 0.2) is 0 Å². The molecule has 2 atom stereocenters. The fourth-order valence-electron chi connectivity index (χ4n) is 4.46. The van der Waals surface area contributed by atoms with E-state index in [0.717, 1.165) is 11.8 Å². The summed E-state index contributed by atoms with van der Waals surface area (Å²) in [6.45, 7) is 9.35. The van der Waals surface area contributed by atoms with Crippen LogP contribution in [0.1, 0.15) is 156 Å². The van der Waals surface area contributed by atoms with Crippen LogP contribution < -0.4 is 0 Å². The second-order valence-corrected chi connectivity index (χ2v) is 9.11. The standard InChI is InChI=1S/C27H55/c1-5-9-12-14-16-19-23-26(21-8-4)25-27(22-18-11-7-3)24-20-17-15-13-10-6-2/h25-27H,5-24H2,1-4H3. The summed E-state index contributed by atoms with van der Waals surface area (Å²) in [5, 5.41) is 0. The number of hydrogen-bond acceptors (Lipinski definition) is 0. The summed E-state index contributed by atoms with van der Waals surface area (Å²) >= 11 is 0. The van der Waals surface area contributed by atoms with Gasteiger partial charge in [-0.15, -0.1) is 0 Å². The molecule has 0 aliphatic heterocycles. The molecular weight excluding hydrogens is 324 g/mol. The Hall–Kier alpha value is 0. The first-order valence-electron chi connectivity index (χ1n) is 13.1. The Morgan fingerprint density at radius 1 is 0.370 bits per heavy atom. The van der Waals surface area contributed by atoms with Crippen molar-refractivity contribution in [1.29, 1.82) is 0 Å². The molecule has 163 valence electrons. The highest BCUT2D eigenvalue weighted by molar-refractivity contribution is 4.84. The lowest BCUT2D eigenvalue weighted by molar-refractivity contribution is 0.372. The van der Waals surface area contributed by atoms with Gasteiger partial charge in [0.1, 0.15) is 0 Å². The Labute approximate surface area is 174 Å². The molecule has 0 heteroatoms. The molecule has 0 saturated carbocycles. The topological polar surface area (TPSA) is 0 Å². The van der Waals surface area contributed by atoms with Crippen LogP contribution in [0.2, 0.25) is 0 Å². The molecule has 0 N–H and O–H groups in total. The second-order valence-electron chi connectivity index (χ2n) is 9.11. The highest BCUT2D eigenvalue weighted by Crippen LogP contribution is 2.29. The van der Waals surface area contributed by atoms with Crippen LogP contribution in [0.25, 0.3) is 0 Å². The molecule has 0 aliphatic rings. The molecule has 0 amide bonds. The molecule has 2 unspecified atom stereocenters. The molecule has 0 bridgehead atoms. The zero-order chi connectivity index (χ0) is 20.0. The first kappa shape index (κ1) is 27.0.